The smallest absolute Gasteiger partial charge is 0.322 e. The zero-order valence-electron chi connectivity index (χ0n) is 8.53. The number of ether oxygens (including phenoxy) is 1. The van der Waals surface area contributed by atoms with Crippen LogP contribution in [-0.4, -0.2) is 28.1 Å². The molecule has 0 bridgehead atoms. The Morgan fingerprint density at radius 3 is 2.67 bits per heavy atom. The molecule has 1 aromatic rings. The molecule has 2 rings (SSSR count). The molecule has 0 radical (unpaired) electrons. The van der Waals surface area contributed by atoms with Crippen molar-refractivity contribution in [2.75, 3.05) is 12.4 Å². The fourth-order valence-electron chi connectivity index (χ4n) is 1.65. The van der Waals surface area contributed by atoms with Crippen molar-refractivity contribution in [2.45, 2.75) is 31.8 Å². The summed E-state index contributed by atoms with van der Waals surface area (Å²) in [6, 6.07) is 0.311. The van der Waals surface area contributed by atoms with Crippen molar-refractivity contribution >= 4 is 17.5 Å². The number of halogens is 1. The van der Waals surface area contributed by atoms with Crippen LogP contribution >= 0.6 is 11.6 Å². The van der Waals surface area contributed by atoms with E-state index in [2.05, 4.69) is 20.3 Å². The van der Waals surface area contributed by atoms with Crippen LogP contribution in [-0.2, 0) is 0 Å². The first kappa shape index (κ1) is 10.4. The van der Waals surface area contributed by atoms with Gasteiger partial charge in [0.15, 0.2) is 0 Å². The maximum Gasteiger partial charge on any atom is 0.322 e. The molecule has 0 aliphatic heterocycles. The van der Waals surface area contributed by atoms with E-state index >= 15 is 0 Å². The van der Waals surface area contributed by atoms with Crippen LogP contribution in [0.25, 0.3) is 0 Å². The van der Waals surface area contributed by atoms with Crippen LogP contribution in [0.4, 0.5) is 5.95 Å². The van der Waals surface area contributed by atoms with Crippen molar-refractivity contribution in [2.24, 2.45) is 0 Å². The van der Waals surface area contributed by atoms with Gasteiger partial charge < -0.3 is 10.1 Å². The molecule has 1 aliphatic carbocycles. The van der Waals surface area contributed by atoms with E-state index in [1.54, 1.807) is 7.05 Å². The fraction of sp³-hybridized carbons (Fsp3) is 0.667. The van der Waals surface area contributed by atoms with Crippen molar-refractivity contribution in [3.05, 3.63) is 5.28 Å². The van der Waals surface area contributed by atoms with Crippen LogP contribution in [0.5, 0.6) is 6.01 Å². The number of rotatable bonds is 3. The van der Waals surface area contributed by atoms with Crippen molar-refractivity contribution < 1.29 is 4.74 Å². The van der Waals surface area contributed by atoms with Gasteiger partial charge in [0.2, 0.25) is 11.2 Å². The average Bonchev–Trinajstić information content (AvgIpc) is 2.69. The molecule has 1 N–H and O–H groups in total. The molecule has 82 valence electrons. The van der Waals surface area contributed by atoms with Crippen LogP contribution in [0.2, 0.25) is 5.28 Å². The van der Waals surface area contributed by atoms with E-state index in [4.69, 9.17) is 16.3 Å². The van der Waals surface area contributed by atoms with Gasteiger partial charge in [0, 0.05) is 7.05 Å². The van der Waals surface area contributed by atoms with Gasteiger partial charge in [0.1, 0.15) is 6.10 Å². The zero-order chi connectivity index (χ0) is 10.7. The van der Waals surface area contributed by atoms with Crippen molar-refractivity contribution in [1.29, 1.82) is 0 Å². The highest BCUT2D eigenvalue weighted by Gasteiger charge is 2.18. The minimum absolute atomic E-state index is 0.155. The Kier molecular flexibility index (Phi) is 3.20. The Balaban J connectivity index is 2.09. The molecule has 15 heavy (non-hydrogen) atoms. The van der Waals surface area contributed by atoms with Crippen molar-refractivity contribution in [3.8, 4) is 6.01 Å². The predicted octanol–water partition coefficient (Wildman–Crippen LogP) is 1.89. The van der Waals surface area contributed by atoms with Gasteiger partial charge in [-0.2, -0.15) is 15.0 Å². The summed E-state index contributed by atoms with van der Waals surface area (Å²) < 4.78 is 5.61. The molecule has 0 spiro atoms. The molecule has 0 atom stereocenters. The Morgan fingerprint density at radius 1 is 1.27 bits per heavy atom. The molecule has 0 aromatic carbocycles. The standard InChI is InChI=1S/C9H13ClN4O/c1-11-8-12-7(10)13-9(14-8)15-6-4-2-3-5-6/h6H,2-5H2,1H3,(H,11,12,13,14). The Bertz CT molecular complexity index is 341. The number of anilines is 1. The summed E-state index contributed by atoms with van der Waals surface area (Å²) in [7, 11) is 1.73. The van der Waals surface area contributed by atoms with E-state index in [1.165, 1.54) is 12.8 Å². The first-order chi connectivity index (χ1) is 7.28. The molecule has 1 aliphatic rings. The molecule has 0 unspecified atom stereocenters. The highest BCUT2D eigenvalue weighted by molar-refractivity contribution is 6.28. The summed E-state index contributed by atoms with van der Waals surface area (Å²) in [6.07, 6.45) is 4.79. The number of hydrogen-bond acceptors (Lipinski definition) is 5. The molecule has 5 nitrogen and oxygen atoms in total. The van der Waals surface area contributed by atoms with Crippen LogP contribution in [0, 0.1) is 0 Å². The van der Waals surface area contributed by atoms with Gasteiger partial charge in [-0.3, -0.25) is 0 Å². The van der Waals surface area contributed by atoms with Crippen molar-refractivity contribution in [1.82, 2.24) is 15.0 Å². The third-order valence-electron chi connectivity index (χ3n) is 2.39. The van der Waals surface area contributed by atoms with E-state index in [-0.39, 0.29) is 11.4 Å². The van der Waals surface area contributed by atoms with Crippen LogP contribution in [0.15, 0.2) is 0 Å². The molecular formula is C9H13ClN4O. The molecule has 1 fully saturated rings. The van der Waals surface area contributed by atoms with Gasteiger partial charge in [-0.15, -0.1) is 0 Å². The molecular weight excluding hydrogens is 216 g/mol. The van der Waals surface area contributed by atoms with Crippen LogP contribution in [0.3, 0.4) is 0 Å². The third kappa shape index (κ3) is 2.68. The normalized spacial score (nSPS) is 16.7. The quantitative estimate of drug-likeness (QED) is 0.856. The van der Waals surface area contributed by atoms with Crippen LogP contribution in [0.1, 0.15) is 25.7 Å². The van der Waals surface area contributed by atoms with E-state index in [0.29, 0.717) is 12.0 Å². The summed E-state index contributed by atoms with van der Waals surface area (Å²) in [5.74, 6) is 0.433. The third-order valence-corrected chi connectivity index (χ3v) is 2.55. The fourth-order valence-corrected chi connectivity index (χ4v) is 1.80. The van der Waals surface area contributed by atoms with Gasteiger partial charge in [-0.25, -0.2) is 0 Å². The molecule has 1 aromatic heterocycles. The lowest BCUT2D eigenvalue weighted by molar-refractivity contribution is 0.192. The lowest BCUT2D eigenvalue weighted by atomic mass is 10.3. The Morgan fingerprint density at radius 2 is 2.00 bits per heavy atom. The van der Waals surface area contributed by atoms with E-state index in [0.717, 1.165) is 12.8 Å². The number of hydrogen-bond donors (Lipinski definition) is 1. The van der Waals surface area contributed by atoms with Gasteiger partial charge in [-0.05, 0) is 37.3 Å². The summed E-state index contributed by atoms with van der Waals surface area (Å²) in [4.78, 5) is 11.9. The van der Waals surface area contributed by atoms with Crippen LogP contribution < -0.4 is 10.1 Å². The maximum atomic E-state index is 5.73. The maximum absolute atomic E-state index is 5.73. The number of nitrogens with one attached hydrogen (secondary N) is 1. The SMILES string of the molecule is CNc1nc(Cl)nc(OC2CCCC2)n1. The first-order valence-electron chi connectivity index (χ1n) is 5.04. The second-order valence-electron chi connectivity index (χ2n) is 3.48. The highest BCUT2D eigenvalue weighted by atomic mass is 35.5. The average molecular weight is 229 g/mol. The van der Waals surface area contributed by atoms with Gasteiger partial charge in [0.05, 0.1) is 0 Å². The zero-order valence-corrected chi connectivity index (χ0v) is 9.29. The largest absolute Gasteiger partial charge is 0.460 e. The minimum atomic E-state index is 0.155. The first-order valence-corrected chi connectivity index (χ1v) is 5.41. The molecule has 1 heterocycles. The minimum Gasteiger partial charge on any atom is -0.460 e. The topological polar surface area (TPSA) is 59.9 Å². The lowest BCUT2D eigenvalue weighted by Crippen LogP contribution is -2.14. The molecule has 0 saturated heterocycles. The van der Waals surface area contributed by atoms with E-state index < -0.39 is 0 Å². The van der Waals surface area contributed by atoms with E-state index in [9.17, 15) is 0 Å². The number of nitrogens with zero attached hydrogens (tertiary/aromatic N) is 3. The molecule has 6 heteroatoms. The van der Waals surface area contributed by atoms with E-state index in [1.807, 2.05) is 0 Å². The summed E-state index contributed by atoms with van der Waals surface area (Å²) in [6.45, 7) is 0. The summed E-state index contributed by atoms with van der Waals surface area (Å²) in [5, 5.41) is 2.96. The number of aromatic nitrogens is 3. The Labute approximate surface area is 93.2 Å². The lowest BCUT2D eigenvalue weighted by Gasteiger charge is -2.11. The summed E-state index contributed by atoms with van der Waals surface area (Å²) >= 11 is 5.73. The summed E-state index contributed by atoms with van der Waals surface area (Å²) in [5.41, 5.74) is 0. The monoisotopic (exact) mass is 228 g/mol. The Hall–Kier alpha value is -1.10. The van der Waals surface area contributed by atoms with Gasteiger partial charge in [0.25, 0.3) is 0 Å². The predicted molar refractivity (Wildman–Crippen MR) is 57.3 cm³/mol. The highest BCUT2D eigenvalue weighted by Crippen LogP contribution is 2.22. The van der Waals surface area contributed by atoms with Gasteiger partial charge in [-0.1, -0.05) is 0 Å². The van der Waals surface area contributed by atoms with Crippen molar-refractivity contribution in [3.63, 3.8) is 0 Å². The molecule has 1 saturated carbocycles. The second kappa shape index (κ2) is 4.61. The second-order valence-corrected chi connectivity index (χ2v) is 3.82. The van der Waals surface area contributed by atoms with Gasteiger partial charge >= 0.3 is 6.01 Å². The molecule has 0 amide bonds.